The van der Waals surface area contributed by atoms with Gasteiger partial charge in [0, 0.05) is 5.02 Å². The van der Waals surface area contributed by atoms with Gasteiger partial charge in [0.1, 0.15) is 0 Å². The van der Waals surface area contributed by atoms with Crippen molar-refractivity contribution in [2.24, 2.45) is 0 Å². The average molecular weight is 340 g/mol. The van der Waals surface area contributed by atoms with Crippen LogP contribution in [0.3, 0.4) is 0 Å². The van der Waals surface area contributed by atoms with E-state index in [1.807, 2.05) is 0 Å². The van der Waals surface area contributed by atoms with Gasteiger partial charge < -0.3 is 9.47 Å². The van der Waals surface area contributed by atoms with E-state index in [2.05, 4.69) is 10.9 Å². The average Bonchev–Trinajstić information content (AvgIpc) is 2.36. The molecule has 0 saturated carbocycles. The van der Waals surface area contributed by atoms with Crippen LogP contribution in [0.5, 0.6) is 0 Å². The van der Waals surface area contributed by atoms with Gasteiger partial charge in [-0.05, 0) is 19.1 Å². The summed E-state index contributed by atoms with van der Waals surface area (Å²) in [4.78, 5) is 11.3. The van der Waals surface area contributed by atoms with Crippen LogP contribution >= 0.6 is 34.8 Å². The van der Waals surface area contributed by atoms with Gasteiger partial charge in [0.2, 0.25) is 5.88 Å². The summed E-state index contributed by atoms with van der Waals surface area (Å²) in [5.74, 6) is -0.391. The van der Waals surface area contributed by atoms with Gasteiger partial charge in [-0.2, -0.15) is 0 Å². The van der Waals surface area contributed by atoms with E-state index in [4.69, 9.17) is 44.3 Å². The molecule has 0 fully saturated rings. The van der Waals surface area contributed by atoms with E-state index in [0.29, 0.717) is 20.8 Å². The fourth-order valence-corrected chi connectivity index (χ4v) is 2.13. The first-order chi connectivity index (χ1) is 9.47. The van der Waals surface area contributed by atoms with Crippen LogP contribution in [0, 0.1) is 0 Å². The second-order valence-electron chi connectivity index (χ2n) is 3.46. The number of rotatable bonds is 6. The molecule has 0 bridgehead atoms. The van der Waals surface area contributed by atoms with Crippen molar-refractivity contribution in [2.45, 2.75) is 6.92 Å². The highest BCUT2D eigenvalue weighted by Crippen LogP contribution is 2.33. The number of anilines is 1. The minimum absolute atomic E-state index is 0.144. The van der Waals surface area contributed by atoms with Crippen LogP contribution < -0.4 is 10.9 Å². The first-order valence-electron chi connectivity index (χ1n) is 5.57. The zero-order valence-electron chi connectivity index (χ0n) is 10.8. The SMILES string of the molecule is CCOC(=O)C=C(NNc1c(Cl)cc(Cl)cc1Cl)OC. The summed E-state index contributed by atoms with van der Waals surface area (Å²) in [6.07, 6.45) is 1.15. The Hall–Kier alpha value is -1.30. The lowest BCUT2D eigenvalue weighted by atomic mass is 10.3. The molecule has 0 aliphatic heterocycles. The monoisotopic (exact) mass is 338 g/mol. The summed E-state index contributed by atoms with van der Waals surface area (Å²) in [6.45, 7) is 1.98. The molecule has 8 heteroatoms. The van der Waals surface area contributed by atoms with E-state index >= 15 is 0 Å². The molecule has 1 rings (SSSR count). The Balaban J connectivity index is 2.77. The van der Waals surface area contributed by atoms with E-state index in [1.54, 1.807) is 6.92 Å². The second-order valence-corrected chi connectivity index (χ2v) is 4.71. The number of nitrogens with one attached hydrogen (secondary N) is 2. The van der Waals surface area contributed by atoms with Gasteiger partial charge in [-0.3, -0.25) is 10.9 Å². The standard InChI is InChI=1S/C12H13Cl3N2O3/c1-3-20-11(18)6-10(19-2)16-17-12-8(14)4-7(13)5-9(12)15/h4-6,16-17H,3H2,1-2H3. The third-order valence-corrected chi connectivity index (χ3v) is 2.89. The number of benzene rings is 1. The van der Waals surface area contributed by atoms with Crippen LogP contribution in [-0.4, -0.2) is 19.7 Å². The summed E-state index contributed by atoms with van der Waals surface area (Å²) in [7, 11) is 1.39. The molecule has 0 amide bonds. The Labute approximate surface area is 131 Å². The molecule has 0 aliphatic carbocycles. The number of halogens is 3. The highest BCUT2D eigenvalue weighted by atomic mass is 35.5. The highest BCUT2D eigenvalue weighted by molar-refractivity contribution is 6.41. The molecule has 0 spiro atoms. The molecule has 0 radical (unpaired) electrons. The molecule has 2 N–H and O–H groups in total. The number of hydrogen-bond acceptors (Lipinski definition) is 5. The number of carbonyl (C=O) groups is 1. The predicted octanol–water partition coefficient (Wildman–Crippen LogP) is 3.61. The van der Waals surface area contributed by atoms with Gasteiger partial charge in [-0.25, -0.2) is 4.79 Å². The number of hydrazine groups is 1. The number of ether oxygens (including phenoxy) is 2. The van der Waals surface area contributed by atoms with E-state index in [1.165, 1.54) is 19.2 Å². The van der Waals surface area contributed by atoms with Crippen molar-refractivity contribution >= 4 is 46.5 Å². The molecule has 0 aromatic heterocycles. The summed E-state index contributed by atoms with van der Waals surface area (Å²) in [6, 6.07) is 3.06. The van der Waals surface area contributed by atoms with Crippen LogP contribution in [-0.2, 0) is 14.3 Å². The molecule has 0 aliphatic rings. The Morgan fingerprint density at radius 2 is 1.90 bits per heavy atom. The van der Waals surface area contributed by atoms with Crippen molar-refractivity contribution in [2.75, 3.05) is 19.1 Å². The molecule has 1 aromatic carbocycles. The minimum Gasteiger partial charge on any atom is -0.481 e. The van der Waals surface area contributed by atoms with Crippen LogP contribution in [0.25, 0.3) is 0 Å². The maximum absolute atomic E-state index is 11.3. The quantitative estimate of drug-likeness (QED) is 0.359. The number of hydrogen-bond donors (Lipinski definition) is 2. The van der Waals surface area contributed by atoms with Crippen molar-refractivity contribution in [3.63, 3.8) is 0 Å². The largest absolute Gasteiger partial charge is 0.481 e. The zero-order chi connectivity index (χ0) is 15.1. The molecular weight excluding hydrogens is 327 g/mol. The third kappa shape index (κ3) is 5.00. The van der Waals surface area contributed by atoms with Gasteiger partial charge in [0.15, 0.2) is 0 Å². The molecule has 20 heavy (non-hydrogen) atoms. The fraction of sp³-hybridized carbons (Fsp3) is 0.250. The van der Waals surface area contributed by atoms with Crippen molar-refractivity contribution in [1.82, 2.24) is 5.43 Å². The molecular formula is C12H13Cl3N2O3. The smallest absolute Gasteiger partial charge is 0.336 e. The van der Waals surface area contributed by atoms with E-state index < -0.39 is 5.97 Å². The molecule has 0 saturated heterocycles. The second kappa shape index (κ2) is 8.09. The predicted molar refractivity (Wildman–Crippen MR) is 80.0 cm³/mol. The maximum atomic E-state index is 11.3. The zero-order valence-corrected chi connectivity index (χ0v) is 13.1. The van der Waals surface area contributed by atoms with Gasteiger partial charge in [-0.15, -0.1) is 0 Å². The third-order valence-electron chi connectivity index (χ3n) is 2.07. The summed E-state index contributed by atoms with van der Waals surface area (Å²) in [5.41, 5.74) is 5.79. The Morgan fingerprint density at radius 1 is 1.30 bits per heavy atom. The van der Waals surface area contributed by atoms with Gasteiger partial charge in [0.25, 0.3) is 0 Å². The highest BCUT2D eigenvalue weighted by Gasteiger charge is 2.09. The maximum Gasteiger partial charge on any atom is 0.336 e. The van der Waals surface area contributed by atoms with Crippen molar-refractivity contribution in [3.05, 3.63) is 39.2 Å². The topological polar surface area (TPSA) is 59.6 Å². The van der Waals surface area contributed by atoms with E-state index in [0.717, 1.165) is 6.08 Å². The molecule has 0 atom stereocenters. The van der Waals surface area contributed by atoms with E-state index in [-0.39, 0.29) is 12.5 Å². The molecule has 0 heterocycles. The number of carbonyl (C=O) groups excluding carboxylic acids is 1. The summed E-state index contributed by atoms with van der Waals surface area (Å²) in [5, 5.41) is 1.06. The van der Waals surface area contributed by atoms with Crippen molar-refractivity contribution in [1.29, 1.82) is 0 Å². The Kier molecular flexibility index (Phi) is 6.78. The Morgan fingerprint density at radius 3 is 2.40 bits per heavy atom. The van der Waals surface area contributed by atoms with Crippen LogP contribution in [0.4, 0.5) is 5.69 Å². The molecule has 110 valence electrons. The van der Waals surface area contributed by atoms with Gasteiger partial charge >= 0.3 is 5.97 Å². The van der Waals surface area contributed by atoms with Crippen molar-refractivity contribution < 1.29 is 14.3 Å². The van der Waals surface area contributed by atoms with E-state index in [9.17, 15) is 4.79 Å². The Bertz CT molecular complexity index is 498. The normalized spacial score (nSPS) is 10.9. The number of esters is 1. The molecule has 1 aromatic rings. The van der Waals surface area contributed by atoms with Crippen LogP contribution in [0.15, 0.2) is 24.1 Å². The lowest BCUT2D eigenvalue weighted by molar-refractivity contribution is -0.137. The lowest BCUT2D eigenvalue weighted by Gasteiger charge is -2.14. The number of methoxy groups -OCH3 is 1. The van der Waals surface area contributed by atoms with Crippen LogP contribution in [0.1, 0.15) is 6.92 Å². The first-order valence-corrected chi connectivity index (χ1v) is 6.70. The van der Waals surface area contributed by atoms with Gasteiger partial charge in [-0.1, -0.05) is 34.8 Å². The summed E-state index contributed by atoms with van der Waals surface area (Å²) >= 11 is 17.8. The first kappa shape index (κ1) is 16.8. The van der Waals surface area contributed by atoms with Crippen LogP contribution in [0.2, 0.25) is 15.1 Å². The summed E-state index contributed by atoms with van der Waals surface area (Å²) < 4.78 is 9.72. The molecule has 5 nitrogen and oxygen atoms in total. The van der Waals surface area contributed by atoms with Gasteiger partial charge in [0.05, 0.1) is 35.5 Å². The lowest BCUT2D eigenvalue weighted by Crippen LogP contribution is -2.23. The fourth-order valence-electron chi connectivity index (χ4n) is 1.22. The minimum atomic E-state index is -0.535. The molecule has 0 unspecified atom stereocenters. The van der Waals surface area contributed by atoms with Crippen molar-refractivity contribution in [3.8, 4) is 0 Å².